The van der Waals surface area contributed by atoms with E-state index in [-0.39, 0.29) is 24.8 Å². The van der Waals surface area contributed by atoms with Gasteiger partial charge in [-0.15, -0.1) is 24.8 Å². The summed E-state index contributed by atoms with van der Waals surface area (Å²) in [5, 5.41) is 0. The van der Waals surface area contributed by atoms with E-state index in [9.17, 15) is 0 Å². The zero-order valence-electron chi connectivity index (χ0n) is 8.87. The summed E-state index contributed by atoms with van der Waals surface area (Å²) in [7, 11) is 0. The summed E-state index contributed by atoms with van der Waals surface area (Å²) in [6, 6.07) is 1.09. The van der Waals surface area contributed by atoms with Crippen molar-refractivity contribution >= 4 is 24.8 Å². The summed E-state index contributed by atoms with van der Waals surface area (Å²) >= 11 is 2.69. The van der Waals surface area contributed by atoms with Crippen LogP contribution in [0.2, 0.25) is 0 Å². The molecule has 0 amide bonds. The molecule has 14 heavy (non-hydrogen) atoms. The van der Waals surface area contributed by atoms with E-state index in [1.807, 2.05) is 0 Å². The third-order valence-electron chi connectivity index (χ3n) is 1.91. The van der Waals surface area contributed by atoms with Crippen LogP contribution >= 0.6 is 24.8 Å². The fourth-order valence-electron chi connectivity index (χ4n) is 1.15. The molecule has 1 heterocycles. The first-order valence-electron chi connectivity index (χ1n) is 4.30. The Morgan fingerprint density at radius 1 is 0.929 bits per heavy atom. The van der Waals surface area contributed by atoms with Crippen molar-refractivity contribution in [1.29, 1.82) is 0 Å². The van der Waals surface area contributed by atoms with Crippen molar-refractivity contribution in [2.24, 2.45) is 0 Å². The average molecular weight is 326 g/mol. The molecular formula is C9H18Cl2N2Ru. The molecular weight excluding hydrogens is 308 g/mol. The maximum Gasteiger partial charge on any atom is -0.147 e. The van der Waals surface area contributed by atoms with Crippen LogP contribution in [0.1, 0.15) is 39.8 Å². The largest absolute Gasteiger partial charge is 0.147 e. The second kappa shape index (κ2) is 6.82. The van der Waals surface area contributed by atoms with Gasteiger partial charge >= 0.3 is 83.2 Å². The molecule has 0 unspecified atom stereocenters. The fraction of sp³-hybridized carbons (Fsp3) is 0.667. The van der Waals surface area contributed by atoms with E-state index in [2.05, 4.69) is 67.1 Å². The smallest absolute Gasteiger partial charge is 0.147 e. The zero-order valence-corrected chi connectivity index (χ0v) is 12.2. The Balaban J connectivity index is 0. The van der Waals surface area contributed by atoms with E-state index in [0.717, 1.165) is 0 Å². The monoisotopic (exact) mass is 326 g/mol. The summed E-state index contributed by atoms with van der Waals surface area (Å²) in [6.45, 7) is 8.78. The second-order valence-electron chi connectivity index (χ2n) is 3.56. The number of hydrogen-bond donors (Lipinski definition) is 0. The van der Waals surface area contributed by atoms with Gasteiger partial charge in [-0.2, -0.15) is 0 Å². The van der Waals surface area contributed by atoms with E-state index >= 15 is 0 Å². The first-order valence-corrected chi connectivity index (χ1v) is 5.17. The van der Waals surface area contributed by atoms with Gasteiger partial charge in [0, 0.05) is 0 Å². The number of halogens is 2. The minimum atomic E-state index is 0. The predicted octanol–water partition coefficient (Wildman–Crippen LogP) is 3.37. The summed E-state index contributed by atoms with van der Waals surface area (Å²) in [4.78, 5) is 0. The molecule has 0 aromatic carbocycles. The van der Waals surface area contributed by atoms with Gasteiger partial charge in [0.1, 0.15) is 0 Å². The summed E-state index contributed by atoms with van der Waals surface area (Å²) < 4.78 is 5.78. The standard InChI is InChI=1S/C9H16N2.2ClH.Ru/c1-8(2)10-5-6-11(7-10)9(3)4;;;/h5-6,8-9H,1-4H3;2*1H;. The molecule has 0 bridgehead atoms. The maximum absolute atomic E-state index is 2.69. The molecule has 2 nitrogen and oxygen atoms in total. The molecule has 1 rings (SSSR count). The van der Waals surface area contributed by atoms with Crippen LogP contribution in [0.3, 0.4) is 0 Å². The number of rotatable bonds is 2. The van der Waals surface area contributed by atoms with Crippen LogP contribution in [-0.2, 0) is 17.9 Å². The van der Waals surface area contributed by atoms with Crippen molar-refractivity contribution in [3.63, 3.8) is 0 Å². The minimum absolute atomic E-state index is 0. The quantitative estimate of drug-likeness (QED) is 0.738. The Labute approximate surface area is 108 Å². The molecule has 0 aliphatic rings. The van der Waals surface area contributed by atoms with Crippen LogP contribution in [0.25, 0.3) is 0 Å². The molecule has 0 saturated carbocycles. The Bertz CT molecular complexity index is 286. The van der Waals surface area contributed by atoms with Crippen LogP contribution in [0.4, 0.5) is 0 Å². The molecule has 0 aliphatic heterocycles. The van der Waals surface area contributed by atoms with Gasteiger partial charge in [0.15, 0.2) is 0 Å². The first-order chi connectivity index (χ1) is 5.54. The van der Waals surface area contributed by atoms with Crippen molar-refractivity contribution in [3.05, 3.63) is 16.4 Å². The van der Waals surface area contributed by atoms with Gasteiger partial charge < -0.3 is 0 Å². The fourth-order valence-corrected chi connectivity index (χ4v) is 2.31. The van der Waals surface area contributed by atoms with Gasteiger partial charge in [0.25, 0.3) is 0 Å². The molecule has 0 fully saturated rings. The minimum Gasteiger partial charge on any atom is -0.147 e. The summed E-state index contributed by atoms with van der Waals surface area (Å²) in [5.74, 6) is 0. The maximum atomic E-state index is 2.69. The van der Waals surface area contributed by atoms with Crippen LogP contribution < -0.4 is 0 Å². The zero-order chi connectivity index (χ0) is 9.30. The second-order valence-corrected chi connectivity index (χ2v) is 4.34. The Hall–Kier alpha value is 0.413. The third-order valence-corrected chi connectivity index (χ3v) is 2.81. The first kappa shape index (κ1) is 16.8. The molecule has 1 aromatic heterocycles. The van der Waals surface area contributed by atoms with Gasteiger partial charge in [-0.25, -0.2) is 0 Å². The molecule has 0 saturated heterocycles. The van der Waals surface area contributed by atoms with Gasteiger partial charge in [0.2, 0.25) is 0 Å². The van der Waals surface area contributed by atoms with E-state index in [1.54, 1.807) is 0 Å². The normalized spacial score (nSPS) is 9.93. The Morgan fingerprint density at radius 3 is 1.36 bits per heavy atom. The van der Waals surface area contributed by atoms with Gasteiger partial charge in [-0.3, -0.25) is 0 Å². The van der Waals surface area contributed by atoms with Crippen LogP contribution in [-0.4, -0.2) is 9.13 Å². The molecule has 86 valence electrons. The van der Waals surface area contributed by atoms with E-state index in [0.29, 0.717) is 12.1 Å². The predicted molar refractivity (Wildman–Crippen MR) is 60.9 cm³/mol. The Kier molecular flexibility index (Phi) is 8.19. The molecule has 0 aliphatic carbocycles. The Morgan fingerprint density at radius 2 is 1.21 bits per heavy atom. The molecule has 0 atom stereocenters. The van der Waals surface area contributed by atoms with E-state index in [1.165, 1.54) is 4.01 Å². The molecule has 1 aromatic rings. The van der Waals surface area contributed by atoms with Gasteiger partial charge in [0.05, 0.1) is 0 Å². The number of nitrogens with zero attached hydrogens (tertiary/aromatic N) is 2. The molecule has 0 radical (unpaired) electrons. The third kappa shape index (κ3) is 3.53. The van der Waals surface area contributed by atoms with Crippen LogP contribution in [0, 0.1) is 4.01 Å². The number of imidazole rings is 1. The van der Waals surface area contributed by atoms with Crippen molar-refractivity contribution in [2.75, 3.05) is 0 Å². The molecule has 0 N–H and O–H groups in total. The van der Waals surface area contributed by atoms with Crippen molar-refractivity contribution < 1.29 is 17.9 Å². The van der Waals surface area contributed by atoms with Crippen LogP contribution in [0.5, 0.6) is 0 Å². The van der Waals surface area contributed by atoms with Gasteiger partial charge in [-0.1, -0.05) is 0 Å². The van der Waals surface area contributed by atoms with Crippen molar-refractivity contribution in [1.82, 2.24) is 9.13 Å². The molecule has 0 spiro atoms. The summed E-state index contributed by atoms with van der Waals surface area (Å²) in [5.41, 5.74) is 0. The van der Waals surface area contributed by atoms with E-state index in [4.69, 9.17) is 0 Å². The van der Waals surface area contributed by atoms with Crippen molar-refractivity contribution in [3.8, 4) is 0 Å². The van der Waals surface area contributed by atoms with Crippen molar-refractivity contribution in [2.45, 2.75) is 39.8 Å². The average Bonchev–Trinajstić information content (AvgIpc) is 2.30. The topological polar surface area (TPSA) is 9.86 Å². The molecule has 5 heteroatoms. The van der Waals surface area contributed by atoms with E-state index < -0.39 is 0 Å². The SMILES string of the molecule is CC(C)n1ccn(C(C)C)[c]1=[Ru].Cl.Cl. The van der Waals surface area contributed by atoms with Gasteiger partial charge in [-0.05, 0) is 0 Å². The van der Waals surface area contributed by atoms with Crippen LogP contribution in [0.15, 0.2) is 12.4 Å². The number of aromatic nitrogens is 2. The number of hydrogen-bond acceptors (Lipinski definition) is 0. The summed E-state index contributed by atoms with van der Waals surface area (Å²) in [6.07, 6.45) is 4.27.